The van der Waals surface area contributed by atoms with Crippen molar-refractivity contribution in [1.29, 1.82) is 0 Å². The molecule has 0 unspecified atom stereocenters. The molecule has 108 valence electrons. The summed E-state index contributed by atoms with van der Waals surface area (Å²) in [5.41, 5.74) is 0.806. The molecule has 0 bridgehead atoms. The van der Waals surface area contributed by atoms with Gasteiger partial charge >= 0.3 is 0 Å². The van der Waals surface area contributed by atoms with Crippen LogP contribution in [0.1, 0.15) is 19.2 Å². The van der Waals surface area contributed by atoms with Crippen LogP contribution in [0.5, 0.6) is 0 Å². The van der Waals surface area contributed by atoms with Gasteiger partial charge in [-0.2, -0.15) is 4.98 Å². The molecule has 2 rings (SSSR count). The average molecular weight is 296 g/mol. The van der Waals surface area contributed by atoms with E-state index in [1.54, 1.807) is 12.1 Å². The number of aromatic nitrogens is 2. The van der Waals surface area contributed by atoms with E-state index in [4.69, 9.17) is 21.2 Å². The average Bonchev–Trinajstić information content (AvgIpc) is 2.88. The van der Waals surface area contributed by atoms with Crippen molar-refractivity contribution in [3.8, 4) is 11.5 Å². The standard InChI is InChI=1S/C14H18ClN3O2/c1-2-6-18(7-8-19)10-13-16-14(20-17-13)11-4-3-5-12(15)9-11/h3-5,9,19H,2,6-8,10H2,1H3. The normalized spacial score (nSPS) is 11.2. The van der Waals surface area contributed by atoms with Crippen molar-refractivity contribution in [3.05, 3.63) is 35.1 Å². The fourth-order valence-corrected chi connectivity index (χ4v) is 2.17. The van der Waals surface area contributed by atoms with Crippen molar-refractivity contribution in [2.45, 2.75) is 19.9 Å². The van der Waals surface area contributed by atoms with Crippen LogP contribution in [0.4, 0.5) is 0 Å². The number of hydrogen-bond donors (Lipinski definition) is 1. The lowest BCUT2D eigenvalue weighted by Gasteiger charge is -2.17. The van der Waals surface area contributed by atoms with Crippen molar-refractivity contribution in [2.75, 3.05) is 19.7 Å². The smallest absolute Gasteiger partial charge is 0.258 e. The van der Waals surface area contributed by atoms with E-state index in [1.165, 1.54) is 0 Å². The highest BCUT2D eigenvalue weighted by Gasteiger charge is 2.12. The summed E-state index contributed by atoms with van der Waals surface area (Å²) in [5.74, 6) is 1.07. The molecule has 0 aliphatic rings. The van der Waals surface area contributed by atoms with Crippen LogP contribution in [-0.2, 0) is 6.54 Å². The third-order valence-electron chi connectivity index (χ3n) is 2.86. The highest BCUT2D eigenvalue weighted by Crippen LogP contribution is 2.21. The summed E-state index contributed by atoms with van der Waals surface area (Å²) in [6, 6.07) is 7.31. The van der Waals surface area contributed by atoms with Crippen LogP contribution in [0.2, 0.25) is 5.02 Å². The molecule has 2 aromatic rings. The minimum Gasteiger partial charge on any atom is -0.395 e. The molecule has 0 aliphatic heterocycles. The van der Waals surface area contributed by atoms with E-state index in [0.717, 1.165) is 18.5 Å². The topological polar surface area (TPSA) is 62.4 Å². The number of hydrogen-bond acceptors (Lipinski definition) is 5. The van der Waals surface area contributed by atoms with Crippen molar-refractivity contribution < 1.29 is 9.63 Å². The summed E-state index contributed by atoms with van der Waals surface area (Å²) in [7, 11) is 0. The number of rotatable bonds is 7. The van der Waals surface area contributed by atoms with Gasteiger partial charge in [-0.05, 0) is 31.2 Å². The SMILES string of the molecule is CCCN(CCO)Cc1noc(-c2cccc(Cl)c2)n1. The maximum Gasteiger partial charge on any atom is 0.258 e. The molecule has 0 aliphatic carbocycles. The first-order valence-electron chi connectivity index (χ1n) is 6.64. The van der Waals surface area contributed by atoms with Crippen LogP contribution in [0, 0.1) is 0 Å². The van der Waals surface area contributed by atoms with E-state index in [1.807, 2.05) is 12.1 Å². The zero-order chi connectivity index (χ0) is 14.4. The molecule has 6 heteroatoms. The Kier molecular flexibility index (Phi) is 5.52. The van der Waals surface area contributed by atoms with Gasteiger partial charge in [0.2, 0.25) is 0 Å². The van der Waals surface area contributed by atoms with Crippen molar-refractivity contribution in [3.63, 3.8) is 0 Å². The minimum absolute atomic E-state index is 0.124. The summed E-state index contributed by atoms with van der Waals surface area (Å²) in [4.78, 5) is 6.46. The number of aliphatic hydroxyl groups excluding tert-OH is 1. The molecular weight excluding hydrogens is 278 g/mol. The predicted octanol–water partition coefficient (Wildman–Crippen LogP) is 2.59. The van der Waals surface area contributed by atoms with Gasteiger partial charge in [0.1, 0.15) is 0 Å². The Morgan fingerprint density at radius 3 is 2.90 bits per heavy atom. The summed E-state index contributed by atoms with van der Waals surface area (Å²) >= 11 is 5.94. The fraction of sp³-hybridized carbons (Fsp3) is 0.429. The predicted molar refractivity (Wildman–Crippen MR) is 77.4 cm³/mol. The molecule has 0 radical (unpaired) electrons. The second-order valence-electron chi connectivity index (χ2n) is 4.53. The van der Waals surface area contributed by atoms with Gasteiger partial charge in [-0.15, -0.1) is 0 Å². The van der Waals surface area contributed by atoms with E-state index < -0.39 is 0 Å². The lowest BCUT2D eigenvalue weighted by atomic mass is 10.2. The van der Waals surface area contributed by atoms with Gasteiger partial charge in [0.05, 0.1) is 13.2 Å². The number of halogens is 1. The maximum atomic E-state index is 9.03. The zero-order valence-corrected chi connectivity index (χ0v) is 12.2. The quantitative estimate of drug-likeness (QED) is 0.850. The summed E-state index contributed by atoms with van der Waals surface area (Å²) < 4.78 is 5.25. The first kappa shape index (κ1) is 15.0. The largest absolute Gasteiger partial charge is 0.395 e. The van der Waals surface area contributed by atoms with Gasteiger partial charge in [-0.3, -0.25) is 4.90 Å². The second-order valence-corrected chi connectivity index (χ2v) is 4.96. The lowest BCUT2D eigenvalue weighted by Crippen LogP contribution is -2.27. The fourth-order valence-electron chi connectivity index (χ4n) is 1.98. The highest BCUT2D eigenvalue weighted by molar-refractivity contribution is 6.30. The molecular formula is C14H18ClN3O2. The van der Waals surface area contributed by atoms with E-state index >= 15 is 0 Å². The molecule has 5 nitrogen and oxygen atoms in total. The molecule has 1 heterocycles. The maximum absolute atomic E-state index is 9.03. The first-order valence-corrected chi connectivity index (χ1v) is 7.02. The van der Waals surface area contributed by atoms with Gasteiger partial charge in [0.15, 0.2) is 5.82 Å². The summed E-state index contributed by atoms with van der Waals surface area (Å²) in [6.07, 6.45) is 1.01. The Balaban J connectivity index is 2.08. The van der Waals surface area contributed by atoms with Crippen LogP contribution >= 0.6 is 11.6 Å². The first-order chi connectivity index (χ1) is 9.72. The number of aliphatic hydroxyl groups is 1. The molecule has 0 fully saturated rings. The second kappa shape index (κ2) is 7.38. The lowest BCUT2D eigenvalue weighted by molar-refractivity contribution is 0.186. The van der Waals surface area contributed by atoms with Crippen LogP contribution in [0.3, 0.4) is 0 Å². The monoisotopic (exact) mass is 295 g/mol. The minimum atomic E-state index is 0.124. The zero-order valence-electron chi connectivity index (χ0n) is 11.4. The Morgan fingerprint density at radius 1 is 1.35 bits per heavy atom. The molecule has 0 saturated heterocycles. The van der Waals surface area contributed by atoms with E-state index in [0.29, 0.717) is 29.8 Å². The molecule has 0 saturated carbocycles. The van der Waals surface area contributed by atoms with Crippen molar-refractivity contribution in [1.82, 2.24) is 15.0 Å². The Morgan fingerprint density at radius 2 is 2.20 bits per heavy atom. The number of benzene rings is 1. The molecule has 1 N–H and O–H groups in total. The van der Waals surface area contributed by atoms with E-state index in [2.05, 4.69) is 22.0 Å². The Bertz CT molecular complexity index is 539. The van der Waals surface area contributed by atoms with Gasteiger partial charge in [-0.1, -0.05) is 29.7 Å². The van der Waals surface area contributed by atoms with Crippen molar-refractivity contribution >= 4 is 11.6 Å². The molecule has 0 amide bonds. The summed E-state index contributed by atoms with van der Waals surface area (Å²) in [6.45, 7) is 4.28. The van der Waals surface area contributed by atoms with E-state index in [9.17, 15) is 0 Å². The highest BCUT2D eigenvalue weighted by atomic mass is 35.5. The van der Waals surface area contributed by atoms with E-state index in [-0.39, 0.29) is 6.61 Å². The summed E-state index contributed by atoms with van der Waals surface area (Å²) in [5, 5.41) is 13.6. The third kappa shape index (κ3) is 4.03. The van der Waals surface area contributed by atoms with Crippen LogP contribution in [0.25, 0.3) is 11.5 Å². The van der Waals surface area contributed by atoms with Gasteiger partial charge in [0.25, 0.3) is 5.89 Å². The Labute approximate surface area is 123 Å². The van der Waals surface area contributed by atoms with Gasteiger partial charge in [0, 0.05) is 17.1 Å². The number of nitrogens with zero attached hydrogens (tertiary/aromatic N) is 3. The third-order valence-corrected chi connectivity index (χ3v) is 3.10. The molecule has 0 atom stereocenters. The van der Waals surface area contributed by atoms with Crippen molar-refractivity contribution in [2.24, 2.45) is 0 Å². The van der Waals surface area contributed by atoms with Crippen LogP contribution in [-0.4, -0.2) is 39.8 Å². The van der Waals surface area contributed by atoms with Crippen LogP contribution in [0.15, 0.2) is 28.8 Å². The van der Waals surface area contributed by atoms with Crippen LogP contribution < -0.4 is 0 Å². The Hall–Kier alpha value is -1.43. The molecule has 1 aromatic heterocycles. The van der Waals surface area contributed by atoms with Gasteiger partial charge in [-0.25, -0.2) is 0 Å². The molecule has 0 spiro atoms. The van der Waals surface area contributed by atoms with Gasteiger partial charge < -0.3 is 9.63 Å². The molecule has 20 heavy (non-hydrogen) atoms. The molecule has 1 aromatic carbocycles.